The summed E-state index contributed by atoms with van der Waals surface area (Å²) < 4.78 is 5.53. The number of hydrogen-bond donors (Lipinski definition) is 2. The molecule has 3 rings (SSSR count). The monoisotopic (exact) mass is 388 g/mol. The normalized spacial score (nSPS) is 20.9. The molecule has 2 aliphatic heterocycles. The highest BCUT2D eigenvalue weighted by Gasteiger charge is 2.22. The van der Waals surface area contributed by atoms with Crippen LogP contribution in [0.4, 0.5) is 0 Å². The van der Waals surface area contributed by atoms with Crippen LogP contribution < -0.4 is 10.6 Å². The Balaban J connectivity index is 1.33. The average molecular weight is 389 g/mol. The van der Waals surface area contributed by atoms with Crippen LogP contribution in [0.15, 0.2) is 12.1 Å². The third kappa shape index (κ3) is 6.01. The van der Waals surface area contributed by atoms with Crippen LogP contribution in [-0.4, -0.2) is 67.1 Å². The molecule has 2 saturated heterocycles. The molecule has 2 fully saturated rings. The Labute approximate surface area is 167 Å². The largest absolute Gasteiger partial charge is 0.376 e. The van der Waals surface area contributed by atoms with Gasteiger partial charge >= 0.3 is 0 Å². The van der Waals surface area contributed by atoms with Crippen LogP contribution in [0.3, 0.4) is 0 Å². The summed E-state index contributed by atoms with van der Waals surface area (Å²) in [5.74, 6) is 0.472. The van der Waals surface area contributed by atoms with E-state index in [1.165, 1.54) is 0 Å². The molecule has 2 aliphatic rings. The maximum absolute atomic E-state index is 12.4. The molecule has 1 aromatic heterocycles. The van der Waals surface area contributed by atoms with Crippen molar-refractivity contribution in [2.75, 3.05) is 39.3 Å². The fraction of sp³-hybridized carbons (Fsp3) is 0.667. The van der Waals surface area contributed by atoms with Crippen molar-refractivity contribution < 1.29 is 14.3 Å². The summed E-state index contributed by atoms with van der Waals surface area (Å²) in [6.07, 6.45) is 4.29. The van der Waals surface area contributed by atoms with Crippen LogP contribution in [0.25, 0.3) is 0 Å². The first kappa shape index (κ1) is 20.7. The topological polar surface area (TPSA) is 83.6 Å². The Kier molecular flexibility index (Phi) is 7.39. The van der Waals surface area contributed by atoms with E-state index in [1.807, 2.05) is 26.0 Å². The molecule has 2 N–H and O–H groups in total. The first-order valence-electron chi connectivity index (χ1n) is 10.3. The molecule has 2 amide bonds. The molecule has 0 bridgehead atoms. The number of aromatic nitrogens is 1. The van der Waals surface area contributed by atoms with Gasteiger partial charge in [-0.1, -0.05) is 0 Å². The molecule has 1 aromatic rings. The summed E-state index contributed by atoms with van der Waals surface area (Å²) in [4.78, 5) is 31.0. The van der Waals surface area contributed by atoms with E-state index in [-0.39, 0.29) is 17.9 Å². The van der Waals surface area contributed by atoms with Crippen LogP contribution in [0.1, 0.15) is 47.4 Å². The van der Waals surface area contributed by atoms with E-state index >= 15 is 0 Å². The summed E-state index contributed by atoms with van der Waals surface area (Å²) in [5.41, 5.74) is 2.33. The third-order valence-corrected chi connectivity index (χ3v) is 5.65. The van der Waals surface area contributed by atoms with Gasteiger partial charge in [0.1, 0.15) is 0 Å². The number of hydrogen-bond acceptors (Lipinski definition) is 5. The number of carbonyl (C=O) groups excluding carboxylic acids is 2. The lowest BCUT2D eigenvalue weighted by Gasteiger charge is -2.31. The molecule has 3 heterocycles. The van der Waals surface area contributed by atoms with Crippen molar-refractivity contribution in [3.8, 4) is 0 Å². The van der Waals surface area contributed by atoms with Crippen LogP contribution in [-0.2, 0) is 9.53 Å². The zero-order chi connectivity index (χ0) is 19.9. The average Bonchev–Trinajstić information content (AvgIpc) is 3.19. The Morgan fingerprint density at radius 3 is 2.61 bits per heavy atom. The van der Waals surface area contributed by atoms with Crippen LogP contribution >= 0.6 is 0 Å². The number of likely N-dealkylation sites (tertiary alicyclic amines) is 1. The van der Waals surface area contributed by atoms with Gasteiger partial charge in [0.25, 0.3) is 5.91 Å². The molecular weight excluding hydrogens is 356 g/mol. The van der Waals surface area contributed by atoms with Gasteiger partial charge in [-0.15, -0.1) is 0 Å². The number of aryl methyl sites for hydroxylation is 2. The second kappa shape index (κ2) is 9.98. The number of amides is 2. The fourth-order valence-electron chi connectivity index (χ4n) is 3.90. The zero-order valence-corrected chi connectivity index (χ0v) is 17.0. The Bertz CT molecular complexity index is 680. The standard InChI is InChI=1S/C21H32N4O3/c1-15-5-6-19(16(2)24-15)21(27)23-12-17-7-9-25(10-8-17)14-20(26)22-13-18-4-3-11-28-18/h5-6,17-18H,3-4,7-14H2,1-2H3,(H,22,26)(H,23,27). The minimum Gasteiger partial charge on any atom is -0.376 e. The van der Waals surface area contributed by atoms with Crippen molar-refractivity contribution in [3.05, 3.63) is 29.1 Å². The first-order chi connectivity index (χ1) is 13.5. The number of rotatable bonds is 7. The summed E-state index contributed by atoms with van der Waals surface area (Å²) in [6.45, 7) is 8.11. The van der Waals surface area contributed by atoms with Crippen molar-refractivity contribution in [2.45, 2.75) is 45.6 Å². The van der Waals surface area contributed by atoms with Crippen molar-refractivity contribution in [3.63, 3.8) is 0 Å². The maximum atomic E-state index is 12.4. The van der Waals surface area contributed by atoms with Gasteiger partial charge in [-0.05, 0) is 70.7 Å². The number of nitrogens with one attached hydrogen (secondary N) is 2. The van der Waals surface area contributed by atoms with Crippen molar-refractivity contribution >= 4 is 11.8 Å². The Hall–Kier alpha value is -1.99. The van der Waals surface area contributed by atoms with Gasteiger partial charge in [0.15, 0.2) is 0 Å². The molecule has 0 spiro atoms. The lowest BCUT2D eigenvalue weighted by molar-refractivity contribution is -0.123. The molecule has 1 atom stereocenters. The lowest BCUT2D eigenvalue weighted by atomic mass is 9.96. The first-order valence-corrected chi connectivity index (χ1v) is 10.3. The second-order valence-corrected chi connectivity index (χ2v) is 7.95. The molecule has 0 aromatic carbocycles. The molecule has 154 valence electrons. The highest BCUT2D eigenvalue weighted by molar-refractivity contribution is 5.95. The van der Waals surface area contributed by atoms with Crippen molar-refractivity contribution in [1.82, 2.24) is 20.5 Å². The van der Waals surface area contributed by atoms with E-state index < -0.39 is 0 Å². The van der Waals surface area contributed by atoms with E-state index in [9.17, 15) is 9.59 Å². The van der Waals surface area contributed by atoms with Crippen LogP contribution in [0.5, 0.6) is 0 Å². The van der Waals surface area contributed by atoms with Gasteiger partial charge < -0.3 is 15.4 Å². The highest BCUT2D eigenvalue weighted by Crippen LogP contribution is 2.17. The molecule has 0 saturated carbocycles. The van der Waals surface area contributed by atoms with Gasteiger partial charge in [0, 0.05) is 25.4 Å². The predicted molar refractivity (Wildman–Crippen MR) is 107 cm³/mol. The fourth-order valence-corrected chi connectivity index (χ4v) is 3.90. The summed E-state index contributed by atoms with van der Waals surface area (Å²) in [7, 11) is 0. The van der Waals surface area contributed by atoms with Crippen LogP contribution in [0, 0.1) is 19.8 Å². The molecule has 0 radical (unpaired) electrons. The quantitative estimate of drug-likeness (QED) is 0.738. The van der Waals surface area contributed by atoms with Crippen molar-refractivity contribution in [1.29, 1.82) is 0 Å². The van der Waals surface area contributed by atoms with E-state index in [0.717, 1.165) is 56.8 Å². The number of carbonyl (C=O) groups is 2. The van der Waals surface area contributed by atoms with Gasteiger partial charge in [0.05, 0.1) is 23.9 Å². The lowest BCUT2D eigenvalue weighted by Crippen LogP contribution is -2.44. The number of nitrogens with zero attached hydrogens (tertiary/aromatic N) is 2. The summed E-state index contributed by atoms with van der Waals surface area (Å²) in [5, 5.41) is 6.03. The number of pyridine rings is 1. The zero-order valence-electron chi connectivity index (χ0n) is 17.0. The minimum absolute atomic E-state index is 0.0547. The van der Waals surface area contributed by atoms with Gasteiger partial charge in [0.2, 0.25) is 5.91 Å². The second-order valence-electron chi connectivity index (χ2n) is 7.95. The van der Waals surface area contributed by atoms with Gasteiger partial charge in [-0.25, -0.2) is 0 Å². The maximum Gasteiger partial charge on any atom is 0.253 e. The van der Waals surface area contributed by atoms with E-state index in [2.05, 4.69) is 20.5 Å². The van der Waals surface area contributed by atoms with Gasteiger partial charge in [-0.2, -0.15) is 0 Å². The predicted octanol–water partition coefficient (Wildman–Crippen LogP) is 1.44. The minimum atomic E-state index is -0.0547. The van der Waals surface area contributed by atoms with E-state index in [0.29, 0.717) is 31.1 Å². The Morgan fingerprint density at radius 1 is 1.14 bits per heavy atom. The SMILES string of the molecule is Cc1ccc(C(=O)NCC2CCN(CC(=O)NCC3CCCO3)CC2)c(C)n1. The van der Waals surface area contributed by atoms with E-state index in [4.69, 9.17) is 4.74 Å². The molecule has 28 heavy (non-hydrogen) atoms. The number of piperidine rings is 1. The molecular formula is C21H32N4O3. The van der Waals surface area contributed by atoms with Crippen LogP contribution in [0.2, 0.25) is 0 Å². The van der Waals surface area contributed by atoms with Crippen molar-refractivity contribution in [2.24, 2.45) is 5.92 Å². The molecule has 7 nitrogen and oxygen atoms in total. The summed E-state index contributed by atoms with van der Waals surface area (Å²) >= 11 is 0. The highest BCUT2D eigenvalue weighted by atomic mass is 16.5. The van der Waals surface area contributed by atoms with E-state index in [1.54, 1.807) is 0 Å². The third-order valence-electron chi connectivity index (χ3n) is 5.65. The molecule has 1 unspecified atom stereocenters. The number of ether oxygens (including phenoxy) is 1. The molecule has 0 aliphatic carbocycles. The Morgan fingerprint density at radius 2 is 1.93 bits per heavy atom. The molecule has 7 heteroatoms. The van der Waals surface area contributed by atoms with Gasteiger partial charge in [-0.3, -0.25) is 19.5 Å². The summed E-state index contributed by atoms with van der Waals surface area (Å²) in [6, 6.07) is 3.70. The smallest absolute Gasteiger partial charge is 0.253 e.